The monoisotopic (exact) mass is 200 g/mol. The molecule has 0 spiro atoms. The molecule has 0 nitrogen and oxygen atoms in total. The van der Waals surface area contributed by atoms with Crippen LogP contribution in [-0.4, -0.2) is 0 Å². The lowest BCUT2D eigenvalue weighted by atomic mass is 10.1. The molecular weight excluding hydrogens is 180 g/mol. The highest BCUT2D eigenvalue weighted by atomic mass is 14.0. The maximum Gasteiger partial charge on any atom is -0.0136 e. The van der Waals surface area contributed by atoms with Crippen LogP contribution in [0.4, 0.5) is 0 Å². The van der Waals surface area contributed by atoms with E-state index < -0.39 is 0 Å². The predicted octanol–water partition coefficient (Wildman–Crippen LogP) is 4.75. The molecule has 0 saturated carbocycles. The smallest absolute Gasteiger partial charge is 0.0136 e. The van der Waals surface area contributed by atoms with Gasteiger partial charge in [-0.05, 0) is 39.7 Å². The van der Waals surface area contributed by atoms with Gasteiger partial charge in [0.1, 0.15) is 0 Å². The second-order valence-corrected chi connectivity index (χ2v) is 4.30. The molecule has 0 heteroatoms. The minimum Gasteiger partial charge on any atom is -0.0799 e. The zero-order chi connectivity index (χ0) is 11.3. The van der Waals surface area contributed by atoms with Gasteiger partial charge < -0.3 is 0 Å². The second kappa shape index (κ2) is 5.55. The van der Waals surface area contributed by atoms with Crippen molar-refractivity contribution in [2.75, 3.05) is 0 Å². The first-order chi connectivity index (χ1) is 7.09. The van der Waals surface area contributed by atoms with Gasteiger partial charge in [-0.3, -0.25) is 0 Å². The topological polar surface area (TPSA) is 0 Å². The van der Waals surface area contributed by atoms with Crippen LogP contribution in [0.2, 0.25) is 0 Å². The van der Waals surface area contributed by atoms with Crippen LogP contribution < -0.4 is 0 Å². The fraction of sp³-hybridized carbons (Fsp3) is 0.333. The van der Waals surface area contributed by atoms with E-state index in [9.17, 15) is 0 Å². The lowest BCUT2D eigenvalue weighted by Gasteiger charge is -1.99. The summed E-state index contributed by atoms with van der Waals surface area (Å²) in [7, 11) is 0. The van der Waals surface area contributed by atoms with Crippen molar-refractivity contribution in [1.29, 1.82) is 0 Å². The van der Waals surface area contributed by atoms with E-state index in [2.05, 4.69) is 64.1 Å². The standard InChI is InChI=1S/C15H20/c1-12(2)14(4)6-5-7-15-10-8-13(3)9-11-15/h5,7-11H,6H2,1-4H3/b7-5+. The lowest BCUT2D eigenvalue weighted by Crippen LogP contribution is -1.78. The molecule has 0 amide bonds. The normalized spacial score (nSPS) is 10.7. The zero-order valence-corrected chi connectivity index (χ0v) is 10.2. The maximum absolute atomic E-state index is 2.23. The molecule has 0 N–H and O–H groups in total. The molecule has 1 aromatic rings. The summed E-state index contributed by atoms with van der Waals surface area (Å²) < 4.78 is 0. The van der Waals surface area contributed by atoms with Crippen molar-refractivity contribution in [2.24, 2.45) is 0 Å². The van der Waals surface area contributed by atoms with Gasteiger partial charge in [0.25, 0.3) is 0 Å². The summed E-state index contributed by atoms with van der Waals surface area (Å²) in [6.07, 6.45) is 5.47. The van der Waals surface area contributed by atoms with E-state index in [1.807, 2.05) is 0 Å². The third kappa shape index (κ3) is 4.16. The van der Waals surface area contributed by atoms with Gasteiger partial charge in [-0.15, -0.1) is 0 Å². The minimum atomic E-state index is 1.05. The van der Waals surface area contributed by atoms with Crippen LogP contribution in [0.5, 0.6) is 0 Å². The van der Waals surface area contributed by atoms with E-state index in [0.29, 0.717) is 0 Å². The van der Waals surface area contributed by atoms with Gasteiger partial charge in [-0.25, -0.2) is 0 Å². The van der Waals surface area contributed by atoms with Crippen LogP contribution >= 0.6 is 0 Å². The van der Waals surface area contributed by atoms with Crippen molar-refractivity contribution < 1.29 is 0 Å². The van der Waals surface area contributed by atoms with E-state index in [4.69, 9.17) is 0 Å². The third-order valence-corrected chi connectivity index (χ3v) is 2.67. The number of aryl methyl sites for hydroxylation is 1. The van der Waals surface area contributed by atoms with Gasteiger partial charge in [0.05, 0.1) is 0 Å². The SMILES string of the molecule is CC(C)=C(C)C/C=C/c1ccc(C)cc1. The van der Waals surface area contributed by atoms with Crippen LogP contribution in [-0.2, 0) is 0 Å². The van der Waals surface area contributed by atoms with E-state index in [1.54, 1.807) is 0 Å². The quantitative estimate of drug-likeness (QED) is 0.617. The summed E-state index contributed by atoms with van der Waals surface area (Å²) in [6, 6.07) is 8.61. The molecule has 0 bridgehead atoms. The molecule has 0 aliphatic carbocycles. The number of allylic oxidation sites excluding steroid dienone is 3. The minimum absolute atomic E-state index is 1.05. The molecule has 0 radical (unpaired) electrons. The first-order valence-electron chi connectivity index (χ1n) is 5.46. The highest BCUT2D eigenvalue weighted by Crippen LogP contribution is 2.10. The Labute approximate surface area is 93.3 Å². The van der Waals surface area contributed by atoms with Crippen LogP contribution in [0, 0.1) is 6.92 Å². The first-order valence-corrected chi connectivity index (χ1v) is 5.46. The molecular formula is C15H20. The summed E-state index contributed by atoms with van der Waals surface area (Å²) in [6.45, 7) is 8.62. The Morgan fingerprint density at radius 2 is 1.67 bits per heavy atom. The van der Waals surface area contributed by atoms with E-state index in [1.165, 1.54) is 22.3 Å². The number of benzene rings is 1. The molecule has 0 saturated heterocycles. The predicted molar refractivity (Wildman–Crippen MR) is 68.9 cm³/mol. The molecule has 15 heavy (non-hydrogen) atoms. The van der Waals surface area contributed by atoms with Crippen molar-refractivity contribution in [2.45, 2.75) is 34.1 Å². The number of hydrogen-bond acceptors (Lipinski definition) is 0. The fourth-order valence-electron chi connectivity index (χ4n) is 1.25. The number of hydrogen-bond donors (Lipinski definition) is 0. The van der Waals surface area contributed by atoms with Crippen LogP contribution in [0.15, 0.2) is 41.5 Å². The maximum atomic E-state index is 2.23. The second-order valence-electron chi connectivity index (χ2n) is 4.30. The van der Waals surface area contributed by atoms with Crippen molar-refractivity contribution >= 4 is 6.08 Å². The molecule has 0 fully saturated rings. The highest BCUT2D eigenvalue weighted by molar-refractivity contribution is 5.50. The van der Waals surface area contributed by atoms with Crippen LogP contribution in [0.1, 0.15) is 38.3 Å². The highest BCUT2D eigenvalue weighted by Gasteiger charge is 1.89. The van der Waals surface area contributed by atoms with Crippen LogP contribution in [0.3, 0.4) is 0 Å². The molecule has 80 valence electrons. The average Bonchev–Trinajstić information content (AvgIpc) is 2.20. The summed E-state index contributed by atoms with van der Waals surface area (Å²) in [5, 5.41) is 0. The van der Waals surface area contributed by atoms with Gasteiger partial charge >= 0.3 is 0 Å². The van der Waals surface area contributed by atoms with E-state index in [0.717, 1.165) is 6.42 Å². The molecule has 0 aromatic heterocycles. The summed E-state index contributed by atoms with van der Waals surface area (Å²) in [4.78, 5) is 0. The van der Waals surface area contributed by atoms with Crippen molar-refractivity contribution in [3.05, 3.63) is 52.6 Å². The third-order valence-electron chi connectivity index (χ3n) is 2.67. The Balaban J connectivity index is 2.59. The Morgan fingerprint density at radius 1 is 1.07 bits per heavy atom. The van der Waals surface area contributed by atoms with Gasteiger partial charge in [0.15, 0.2) is 0 Å². The molecule has 0 heterocycles. The van der Waals surface area contributed by atoms with Crippen molar-refractivity contribution in [3.8, 4) is 0 Å². The van der Waals surface area contributed by atoms with Gasteiger partial charge in [0, 0.05) is 0 Å². The zero-order valence-electron chi connectivity index (χ0n) is 10.2. The van der Waals surface area contributed by atoms with E-state index >= 15 is 0 Å². The molecule has 1 aromatic carbocycles. The molecule has 0 unspecified atom stereocenters. The molecule has 1 rings (SSSR count). The summed E-state index contributed by atoms with van der Waals surface area (Å²) in [5.41, 5.74) is 5.47. The van der Waals surface area contributed by atoms with Gasteiger partial charge in [-0.1, -0.05) is 53.1 Å². The Bertz CT molecular complexity index is 360. The summed E-state index contributed by atoms with van der Waals surface area (Å²) >= 11 is 0. The Hall–Kier alpha value is -1.30. The van der Waals surface area contributed by atoms with Crippen LogP contribution in [0.25, 0.3) is 6.08 Å². The Kier molecular flexibility index (Phi) is 4.36. The van der Waals surface area contributed by atoms with E-state index in [-0.39, 0.29) is 0 Å². The fourth-order valence-corrected chi connectivity index (χ4v) is 1.25. The molecule has 0 atom stereocenters. The lowest BCUT2D eigenvalue weighted by molar-refractivity contribution is 1.14. The average molecular weight is 200 g/mol. The van der Waals surface area contributed by atoms with Gasteiger partial charge in [0.2, 0.25) is 0 Å². The van der Waals surface area contributed by atoms with Gasteiger partial charge in [-0.2, -0.15) is 0 Å². The molecule has 0 aliphatic heterocycles. The first kappa shape index (κ1) is 11.8. The number of rotatable bonds is 3. The summed E-state index contributed by atoms with van der Waals surface area (Å²) in [5.74, 6) is 0. The van der Waals surface area contributed by atoms with Crippen molar-refractivity contribution in [3.63, 3.8) is 0 Å². The molecule has 0 aliphatic rings. The van der Waals surface area contributed by atoms with Crippen molar-refractivity contribution in [1.82, 2.24) is 0 Å². The largest absolute Gasteiger partial charge is 0.0799 e. The Morgan fingerprint density at radius 3 is 2.20 bits per heavy atom.